The van der Waals surface area contributed by atoms with Crippen LogP contribution in [0.5, 0.6) is 0 Å². The number of aliphatic imine (C=N–C) groups is 1. The number of rotatable bonds is 5. The summed E-state index contributed by atoms with van der Waals surface area (Å²) >= 11 is 3.18. The molecule has 2 N–H and O–H groups in total. The number of nitrogens with one attached hydrogen (secondary N) is 2. The zero-order valence-corrected chi connectivity index (χ0v) is 17.2. The van der Waals surface area contributed by atoms with Crippen LogP contribution in [0.3, 0.4) is 0 Å². The monoisotopic (exact) mass is 432 g/mol. The third kappa shape index (κ3) is 6.04. The predicted octanol–water partition coefficient (Wildman–Crippen LogP) is 3.92. The van der Waals surface area contributed by atoms with Gasteiger partial charge in [-0.05, 0) is 52.0 Å². The van der Waals surface area contributed by atoms with Gasteiger partial charge in [0, 0.05) is 39.3 Å². The van der Waals surface area contributed by atoms with E-state index in [1.165, 1.54) is 11.6 Å². The fourth-order valence-electron chi connectivity index (χ4n) is 3.30. The van der Waals surface area contributed by atoms with Gasteiger partial charge in [0.05, 0.1) is 4.47 Å². The van der Waals surface area contributed by atoms with Gasteiger partial charge in [-0.1, -0.05) is 36.4 Å². The summed E-state index contributed by atoms with van der Waals surface area (Å²) in [4.78, 5) is 6.80. The Hall–Kier alpha value is -1.92. The highest BCUT2D eigenvalue weighted by molar-refractivity contribution is 9.10. The molecule has 6 heteroatoms. The van der Waals surface area contributed by atoms with Gasteiger partial charge in [-0.3, -0.25) is 9.89 Å². The number of benzene rings is 2. The zero-order chi connectivity index (χ0) is 19.1. The number of hydrogen-bond donors (Lipinski definition) is 2. The number of halogens is 2. The van der Waals surface area contributed by atoms with Crippen LogP contribution in [0, 0.1) is 5.82 Å². The fourth-order valence-corrected chi connectivity index (χ4v) is 3.55. The minimum atomic E-state index is -0.247. The number of likely N-dealkylation sites (tertiary alicyclic amines) is 1. The molecule has 1 fully saturated rings. The van der Waals surface area contributed by atoms with Gasteiger partial charge >= 0.3 is 0 Å². The molecule has 1 heterocycles. The first-order valence-electron chi connectivity index (χ1n) is 9.31. The number of guanidine groups is 1. The molecular formula is C21H26BrFN4. The van der Waals surface area contributed by atoms with Gasteiger partial charge in [-0.25, -0.2) is 4.39 Å². The van der Waals surface area contributed by atoms with Crippen molar-refractivity contribution in [2.75, 3.05) is 20.1 Å². The van der Waals surface area contributed by atoms with Crippen LogP contribution in [0.25, 0.3) is 0 Å². The van der Waals surface area contributed by atoms with Crippen molar-refractivity contribution < 1.29 is 4.39 Å². The van der Waals surface area contributed by atoms with E-state index in [1.54, 1.807) is 13.1 Å². The Morgan fingerprint density at radius 2 is 1.89 bits per heavy atom. The minimum absolute atomic E-state index is 0.247. The van der Waals surface area contributed by atoms with E-state index >= 15 is 0 Å². The van der Waals surface area contributed by atoms with Crippen LogP contribution in [0.15, 0.2) is 58.0 Å². The van der Waals surface area contributed by atoms with Crippen molar-refractivity contribution in [2.24, 2.45) is 4.99 Å². The average molecular weight is 433 g/mol. The summed E-state index contributed by atoms with van der Waals surface area (Å²) in [6, 6.07) is 16.2. The van der Waals surface area contributed by atoms with Gasteiger partial charge < -0.3 is 10.6 Å². The molecule has 4 nitrogen and oxygen atoms in total. The van der Waals surface area contributed by atoms with E-state index in [1.807, 2.05) is 6.07 Å². The molecular weight excluding hydrogens is 407 g/mol. The van der Waals surface area contributed by atoms with Crippen molar-refractivity contribution in [1.29, 1.82) is 0 Å². The molecule has 0 aromatic heterocycles. The number of nitrogens with zero attached hydrogens (tertiary/aromatic N) is 2. The van der Waals surface area contributed by atoms with Gasteiger partial charge in [-0.2, -0.15) is 0 Å². The molecule has 0 saturated carbocycles. The molecule has 1 saturated heterocycles. The highest BCUT2D eigenvalue weighted by atomic mass is 79.9. The second-order valence-electron chi connectivity index (χ2n) is 6.85. The molecule has 0 atom stereocenters. The van der Waals surface area contributed by atoms with Crippen molar-refractivity contribution in [1.82, 2.24) is 15.5 Å². The summed E-state index contributed by atoms with van der Waals surface area (Å²) in [7, 11) is 1.77. The summed E-state index contributed by atoms with van der Waals surface area (Å²) in [5, 5.41) is 6.77. The number of hydrogen-bond acceptors (Lipinski definition) is 2. The molecule has 1 aliphatic rings. The Labute approximate surface area is 169 Å². The topological polar surface area (TPSA) is 39.7 Å². The van der Waals surface area contributed by atoms with Crippen LogP contribution < -0.4 is 10.6 Å². The molecule has 2 aromatic rings. The lowest BCUT2D eigenvalue weighted by Gasteiger charge is -2.33. The quantitative estimate of drug-likeness (QED) is 0.555. The Bertz CT molecular complexity index is 758. The van der Waals surface area contributed by atoms with Gasteiger partial charge in [0.2, 0.25) is 0 Å². The lowest BCUT2D eigenvalue weighted by atomic mass is 10.0. The molecule has 3 rings (SSSR count). The van der Waals surface area contributed by atoms with Crippen LogP contribution >= 0.6 is 15.9 Å². The highest BCUT2D eigenvalue weighted by Gasteiger charge is 2.20. The maximum absolute atomic E-state index is 13.6. The van der Waals surface area contributed by atoms with Gasteiger partial charge in [0.15, 0.2) is 5.96 Å². The molecule has 0 unspecified atom stereocenters. The second kappa shape index (κ2) is 9.85. The van der Waals surface area contributed by atoms with E-state index < -0.39 is 0 Å². The molecule has 0 bridgehead atoms. The first kappa shape index (κ1) is 19.8. The van der Waals surface area contributed by atoms with Gasteiger partial charge in [0.1, 0.15) is 5.82 Å². The lowest BCUT2D eigenvalue weighted by Crippen LogP contribution is -2.48. The van der Waals surface area contributed by atoms with E-state index in [0.29, 0.717) is 17.1 Å². The maximum atomic E-state index is 13.6. The van der Waals surface area contributed by atoms with Crippen molar-refractivity contribution in [2.45, 2.75) is 32.0 Å². The van der Waals surface area contributed by atoms with E-state index in [4.69, 9.17) is 0 Å². The highest BCUT2D eigenvalue weighted by Crippen LogP contribution is 2.16. The van der Waals surface area contributed by atoms with Crippen molar-refractivity contribution in [3.05, 3.63) is 69.9 Å². The Morgan fingerprint density at radius 1 is 1.15 bits per heavy atom. The van der Waals surface area contributed by atoms with E-state index in [-0.39, 0.29) is 5.82 Å². The molecule has 1 aliphatic heterocycles. The lowest BCUT2D eigenvalue weighted by molar-refractivity contribution is 0.198. The standard InChI is InChI=1S/C21H26BrFN4/c1-24-21(25-14-17-7-8-19(22)20(23)13-17)26-18-9-11-27(12-10-18)15-16-5-3-2-4-6-16/h2-8,13,18H,9-12,14-15H2,1H3,(H2,24,25,26). The average Bonchev–Trinajstić information content (AvgIpc) is 2.70. The van der Waals surface area contributed by atoms with Crippen LogP contribution in [-0.4, -0.2) is 37.0 Å². The molecule has 0 amide bonds. The number of piperidine rings is 1. The van der Waals surface area contributed by atoms with Crippen LogP contribution in [-0.2, 0) is 13.1 Å². The van der Waals surface area contributed by atoms with Crippen molar-refractivity contribution >= 4 is 21.9 Å². The molecule has 2 aromatic carbocycles. The van der Waals surface area contributed by atoms with E-state index in [9.17, 15) is 4.39 Å². The third-order valence-corrected chi connectivity index (χ3v) is 5.49. The van der Waals surface area contributed by atoms with Crippen LogP contribution in [0.4, 0.5) is 4.39 Å². The largest absolute Gasteiger partial charge is 0.354 e. The third-order valence-electron chi connectivity index (χ3n) is 4.85. The first-order valence-corrected chi connectivity index (χ1v) is 10.1. The molecule has 27 heavy (non-hydrogen) atoms. The Morgan fingerprint density at radius 3 is 2.56 bits per heavy atom. The SMILES string of the molecule is CN=C(NCc1ccc(Br)c(F)c1)NC1CCN(Cc2ccccc2)CC1. The van der Waals surface area contributed by atoms with Crippen molar-refractivity contribution in [3.63, 3.8) is 0 Å². The summed E-state index contributed by atoms with van der Waals surface area (Å²) in [5.41, 5.74) is 2.25. The van der Waals surface area contributed by atoms with Gasteiger partial charge in [-0.15, -0.1) is 0 Å². The van der Waals surface area contributed by atoms with Crippen LogP contribution in [0.1, 0.15) is 24.0 Å². The summed E-state index contributed by atoms with van der Waals surface area (Å²) in [6.07, 6.45) is 2.17. The van der Waals surface area contributed by atoms with Crippen LogP contribution in [0.2, 0.25) is 0 Å². The summed E-state index contributed by atoms with van der Waals surface area (Å²) < 4.78 is 14.1. The van der Waals surface area contributed by atoms with E-state index in [2.05, 4.69) is 66.8 Å². The minimum Gasteiger partial charge on any atom is -0.354 e. The normalized spacial score (nSPS) is 16.3. The second-order valence-corrected chi connectivity index (χ2v) is 7.71. The summed E-state index contributed by atoms with van der Waals surface area (Å²) in [6.45, 7) is 3.69. The molecule has 0 aliphatic carbocycles. The Balaban J connectivity index is 1.43. The fraction of sp³-hybridized carbons (Fsp3) is 0.381. The molecule has 0 radical (unpaired) electrons. The zero-order valence-electron chi connectivity index (χ0n) is 15.6. The predicted molar refractivity (Wildman–Crippen MR) is 112 cm³/mol. The molecule has 0 spiro atoms. The van der Waals surface area contributed by atoms with Gasteiger partial charge in [0.25, 0.3) is 0 Å². The van der Waals surface area contributed by atoms with E-state index in [0.717, 1.165) is 44.0 Å². The molecule has 144 valence electrons. The van der Waals surface area contributed by atoms with Crippen molar-refractivity contribution in [3.8, 4) is 0 Å². The smallest absolute Gasteiger partial charge is 0.191 e. The Kier molecular flexibility index (Phi) is 7.24. The summed E-state index contributed by atoms with van der Waals surface area (Å²) in [5.74, 6) is 0.517. The first-order chi connectivity index (χ1) is 13.1. The maximum Gasteiger partial charge on any atom is 0.191 e.